The van der Waals surface area contributed by atoms with Gasteiger partial charge in [0.25, 0.3) is 5.91 Å². The fraction of sp³-hybridized carbons (Fsp3) is 0.467. The van der Waals surface area contributed by atoms with Crippen LogP contribution in [0.3, 0.4) is 0 Å². The van der Waals surface area contributed by atoms with Gasteiger partial charge in [0.1, 0.15) is 5.75 Å². The van der Waals surface area contributed by atoms with E-state index >= 15 is 0 Å². The molecule has 0 spiro atoms. The Morgan fingerprint density at radius 2 is 2.00 bits per heavy atom. The zero-order chi connectivity index (χ0) is 16.0. The summed E-state index contributed by atoms with van der Waals surface area (Å²) in [4.78, 5) is 23.3. The Morgan fingerprint density at radius 1 is 1.32 bits per heavy atom. The maximum Gasteiger partial charge on any atom is 0.311 e. The molecule has 1 saturated heterocycles. The first kappa shape index (κ1) is 16.8. The summed E-state index contributed by atoms with van der Waals surface area (Å²) in [5, 5.41) is 12.1. The van der Waals surface area contributed by atoms with Crippen LogP contribution in [0.25, 0.3) is 0 Å². The molecule has 0 radical (unpaired) electrons. The highest BCUT2D eigenvalue weighted by Gasteiger charge is 2.40. The molecule has 1 aliphatic rings. The highest BCUT2D eigenvalue weighted by molar-refractivity contribution is 9.10. The van der Waals surface area contributed by atoms with Gasteiger partial charge in [0.15, 0.2) is 6.61 Å². The number of hydrogen-bond donors (Lipinski definition) is 2. The zero-order valence-corrected chi connectivity index (χ0v) is 13.6. The minimum atomic E-state index is -0.943. The van der Waals surface area contributed by atoms with Crippen LogP contribution in [0.15, 0.2) is 28.7 Å². The van der Waals surface area contributed by atoms with Crippen molar-refractivity contribution in [1.82, 2.24) is 5.32 Å². The molecule has 1 amide bonds. The van der Waals surface area contributed by atoms with Crippen LogP contribution in [-0.2, 0) is 14.3 Å². The van der Waals surface area contributed by atoms with E-state index in [1.54, 1.807) is 12.1 Å². The summed E-state index contributed by atoms with van der Waals surface area (Å²) in [5.74, 6) is -0.678. The van der Waals surface area contributed by atoms with Gasteiger partial charge < -0.3 is 19.9 Å². The van der Waals surface area contributed by atoms with Crippen molar-refractivity contribution >= 4 is 27.8 Å². The van der Waals surface area contributed by atoms with E-state index in [0.717, 1.165) is 4.47 Å². The molecule has 2 rings (SSSR count). The van der Waals surface area contributed by atoms with E-state index < -0.39 is 11.4 Å². The average Bonchev–Trinajstić information content (AvgIpc) is 2.53. The van der Waals surface area contributed by atoms with E-state index in [1.165, 1.54) is 0 Å². The molecule has 0 unspecified atom stereocenters. The number of aliphatic carboxylic acids is 1. The normalized spacial score (nSPS) is 16.8. The molecule has 1 aromatic rings. The summed E-state index contributed by atoms with van der Waals surface area (Å²) in [7, 11) is 0. The number of para-hydroxylation sites is 1. The largest absolute Gasteiger partial charge is 0.483 e. The number of amides is 1. The molecule has 0 aliphatic carbocycles. The third kappa shape index (κ3) is 4.20. The lowest BCUT2D eigenvalue weighted by Gasteiger charge is -2.33. The number of halogens is 1. The lowest BCUT2D eigenvalue weighted by molar-refractivity contribution is -0.154. The Bertz CT molecular complexity index is 542. The van der Waals surface area contributed by atoms with Gasteiger partial charge in [-0.15, -0.1) is 0 Å². The summed E-state index contributed by atoms with van der Waals surface area (Å²) in [5.41, 5.74) is -0.943. The van der Waals surface area contributed by atoms with Crippen LogP contribution in [0, 0.1) is 5.41 Å². The van der Waals surface area contributed by atoms with Gasteiger partial charge in [-0.25, -0.2) is 0 Å². The number of carboxylic acid groups (broad SMARTS) is 1. The molecule has 1 aliphatic heterocycles. The first-order valence-electron chi connectivity index (χ1n) is 6.99. The number of benzene rings is 1. The molecule has 0 saturated carbocycles. The summed E-state index contributed by atoms with van der Waals surface area (Å²) in [6.07, 6.45) is 0.793. The van der Waals surface area contributed by atoms with Gasteiger partial charge in [-0.2, -0.15) is 0 Å². The van der Waals surface area contributed by atoms with Crippen molar-refractivity contribution in [2.45, 2.75) is 12.8 Å². The predicted octanol–water partition coefficient (Wildman–Crippen LogP) is 1.83. The van der Waals surface area contributed by atoms with Crippen molar-refractivity contribution in [2.75, 3.05) is 26.4 Å². The van der Waals surface area contributed by atoms with Gasteiger partial charge in [0.2, 0.25) is 0 Å². The van der Waals surface area contributed by atoms with Crippen LogP contribution in [0.4, 0.5) is 0 Å². The van der Waals surface area contributed by atoms with Crippen LogP contribution >= 0.6 is 15.9 Å². The van der Waals surface area contributed by atoms with Crippen molar-refractivity contribution in [3.8, 4) is 5.75 Å². The number of carboxylic acids is 1. The summed E-state index contributed by atoms with van der Waals surface area (Å²) in [6, 6.07) is 7.21. The van der Waals surface area contributed by atoms with Crippen molar-refractivity contribution in [3.63, 3.8) is 0 Å². The Hall–Kier alpha value is -1.60. The molecule has 22 heavy (non-hydrogen) atoms. The fourth-order valence-electron chi connectivity index (χ4n) is 2.25. The van der Waals surface area contributed by atoms with E-state index in [2.05, 4.69) is 21.2 Å². The quantitative estimate of drug-likeness (QED) is 0.796. The molecule has 2 N–H and O–H groups in total. The lowest BCUT2D eigenvalue weighted by atomic mass is 9.80. The monoisotopic (exact) mass is 371 g/mol. The molecule has 0 atom stereocenters. The fourth-order valence-corrected chi connectivity index (χ4v) is 2.65. The van der Waals surface area contributed by atoms with Gasteiger partial charge in [0, 0.05) is 19.8 Å². The number of rotatable bonds is 6. The Labute approximate surface area is 136 Å². The number of carbonyl (C=O) groups is 2. The number of nitrogens with one attached hydrogen (secondary N) is 1. The molecule has 1 fully saturated rings. The van der Waals surface area contributed by atoms with Gasteiger partial charge in [0.05, 0.1) is 9.89 Å². The van der Waals surface area contributed by atoms with E-state index in [1.807, 2.05) is 12.1 Å². The van der Waals surface area contributed by atoms with Gasteiger partial charge in [-0.05, 0) is 40.9 Å². The molecular weight excluding hydrogens is 354 g/mol. The Morgan fingerprint density at radius 3 is 2.64 bits per heavy atom. The van der Waals surface area contributed by atoms with Gasteiger partial charge >= 0.3 is 5.97 Å². The van der Waals surface area contributed by atoms with Crippen LogP contribution in [-0.4, -0.2) is 43.3 Å². The molecule has 7 heteroatoms. The summed E-state index contributed by atoms with van der Waals surface area (Å²) in [6.45, 7) is 0.726. The SMILES string of the molecule is O=C(COc1ccccc1Br)NCC1(C(=O)O)CCOCC1. The van der Waals surface area contributed by atoms with Crippen molar-refractivity contribution in [2.24, 2.45) is 5.41 Å². The van der Waals surface area contributed by atoms with Gasteiger partial charge in [-0.1, -0.05) is 12.1 Å². The Kier molecular flexibility index (Phi) is 5.79. The van der Waals surface area contributed by atoms with Crippen LogP contribution in [0.5, 0.6) is 5.75 Å². The zero-order valence-electron chi connectivity index (χ0n) is 12.0. The first-order valence-corrected chi connectivity index (χ1v) is 7.78. The molecule has 6 nitrogen and oxygen atoms in total. The van der Waals surface area contributed by atoms with Crippen molar-refractivity contribution in [1.29, 1.82) is 0 Å². The minimum Gasteiger partial charge on any atom is -0.483 e. The predicted molar refractivity (Wildman–Crippen MR) is 82.8 cm³/mol. The van der Waals surface area contributed by atoms with Crippen LogP contribution < -0.4 is 10.1 Å². The van der Waals surface area contributed by atoms with Crippen LogP contribution in [0.2, 0.25) is 0 Å². The number of carbonyl (C=O) groups excluding carboxylic acids is 1. The smallest absolute Gasteiger partial charge is 0.311 e. The lowest BCUT2D eigenvalue weighted by Crippen LogP contribution is -2.47. The molecular formula is C15H18BrNO5. The molecule has 120 valence electrons. The molecule has 1 heterocycles. The van der Waals surface area contributed by atoms with E-state index in [0.29, 0.717) is 31.8 Å². The van der Waals surface area contributed by atoms with Crippen molar-refractivity contribution in [3.05, 3.63) is 28.7 Å². The Balaban J connectivity index is 1.84. The standard InChI is InChI=1S/C15H18BrNO5/c16-11-3-1-2-4-12(11)22-9-13(18)17-10-15(14(19)20)5-7-21-8-6-15/h1-4H,5-10H2,(H,17,18)(H,19,20). The third-order valence-electron chi connectivity index (χ3n) is 3.72. The van der Waals surface area contributed by atoms with Crippen LogP contribution in [0.1, 0.15) is 12.8 Å². The van der Waals surface area contributed by atoms with E-state index in [-0.39, 0.29) is 19.1 Å². The average molecular weight is 372 g/mol. The second-order valence-electron chi connectivity index (χ2n) is 5.19. The molecule has 1 aromatic carbocycles. The molecule has 0 bridgehead atoms. The maximum absolute atomic E-state index is 11.9. The number of hydrogen-bond acceptors (Lipinski definition) is 4. The third-order valence-corrected chi connectivity index (χ3v) is 4.38. The number of ether oxygens (including phenoxy) is 2. The summed E-state index contributed by atoms with van der Waals surface area (Å²) < 4.78 is 11.4. The van der Waals surface area contributed by atoms with E-state index in [4.69, 9.17) is 9.47 Å². The highest BCUT2D eigenvalue weighted by atomic mass is 79.9. The maximum atomic E-state index is 11.9. The summed E-state index contributed by atoms with van der Waals surface area (Å²) >= 11 is 3.33. The minimum absolute atomic E-state index is 0.0871. The van der Waals surface area contributed by atoms with Crippen molar-refractivity contribution < 1.29 is 24.2 Å². The van der Waals surface area contributed by atoms with Gasteiger partial charge in [-0.3, -0.25) is 9.59 Å². The molecule has 0 aromatic heterocycles. The first-order chi connectivity index (χ1) is 10.5. The second-order valence-corrected chi connectivity index (χ2v) is 6.05. The highest BCUT2D eigenvalue weighted by Crippen LogP contribution is 2.30. The topological polar surface area (TPSA) is 84.9 Å². The second kappa shape index (κ2) is 7.60. The van der Waals surface area contributed by atoms with E-state index in [9.17, 15) is 14.7 Å².